The van der Waals surface area contributed by atoms with Crippen molar-refractivity contribution < 1.29 is 4.79 Å². The molecule has 0 spiro atoms. The summed E-state index contributed by atoms with van der Waals surface area (Å²) in [5, 5.41) is 3.20. The Morgan fingerprint density at radius 3 is 2.65 bits per heavy atom. The van der Waals surface area contributed by atoms with Crippen LogP contribution >= 0.6 is 0 Å². The zero-order valence-electron chi connectivity index (χ0n) is 11.5. The zero-order valence-corrected chi connectivity index (χ0v) is 11.5. The molecule has 17 heavy (non-hydrogen) atoms. The van der Waals surface area contributed by atoms with Gasteiger partial charge in [0.05, 0.1) is 5.92 Å². The van der Waals surface area contributed by atoms with Crippen LogP contribution in [0.4, 0.5) is 0 Å². The van der Waals surface area contributed by atoms with Gasteiger partial charge in [-0.3, -0.25) is 4.79 Å². The summed E-state index contributed by atoms with van der Waals surface area (Å²) in [7, 11) is 0. The number of hydrogen-bond donors (Lipinski definition) is 2. The molecule has 0 aromatic heterocycles. The molecule has 3 atom stereocenters. The Morgan fingerprint density at radius 2 is 2.12 bits per heavy atom. The molecule has 3 nitrogen and oxygen atoms in total. The highest BCUT2D eigenvalue weighted by molar-refractivity contribution is 5.79. The standard InChI is InChI=1S/C14H28N2O/c1-4-11-6-5-7-12(8-11)16-14(17)13(9-15)10(2)3/h10-13H,4-9,15H2,1-3H3,(H,16,17). The fourth-order valence-corrected chi connectivity index (χ4v) is 2.78. The van der Waals surface area contributed by atoms with E-state index in [0.717, 1.165) is 18.8 Å². The van der Waals surface area contributed by atoms with Crippen LogP contribution in [0.5, 0.6) is 0 Å². The molecular formula is C14H28N2O. The first-order valence-corrected chi connectivity index (χ1v) is 7.08. The lowest BCUT2D eigenvalue weighted by Crippen LogP contribution is -2.44. The van der Waals surface area contributed by atoms with E-state index in [1.807, 2.05) is 0 Å². The number of amides is 1. The molecule has 0 aliphatic heterocycles. The van der Waals surface area contributed by atoms with E-state index in [1.54, 1.807) is 0 Å². The Balaban J connectivity index is 2.44. The molecule has 0 heterocycles. The average Bonchev–Trinajstić information content (AvgIpc) is 2.29. The molecule has 1 saturated carbocycles. The molecule has 1 aliphatic carbocycles. The molecule has 0 radical (unpaired) electrons. The van der Waals surface area contributed by atoms with E-state index in [1.165, 1.54) is 19.3 Å². The minimum Gasteiger partial charge on any atom is -0.353 e. The summed E-state index contributed by atoms with van der Waals surface area (Å²) in [4.78, 5) is 12.1. The Hall–Kier alpha value is -0.570. The van der Waals surface area contributed by atoms with Crippen LogP contribution in [-0.2, 0) is 4.79 Å². The van der Waals surface area contributed by atoms with Crippen LogP contribution in [0.2, 0.25) is 0 Å². The number of carbonyl (C=O) groups is 1. The molecule has 0 aromatic rings. The van der Waals surface area contributed by atoms with Crippen molar-refractivity contribution >= 4 is 5.91 Å². The molecule has 0 saturated heterocycles. The Bertz CT molecular complexity index is 240. The van der Waals surface area contributed by atoms with Gasteiger partial charge in [0.15, 0.2) is 0 Å². The molecule has 0 aromatic carbocycles. The van der Waals surface area contributed by atoms with E-state index >= 15 is 0 Å². The largest absolute Gasteiger partial charge is 0.353 e. The first-order valence-electron chi connectivity index (χ1n) is 7.08. The van der Waals surface area contributed by atoms with Crippen LogP contribution in [0.15, 0.2) is 0 Å². The second-order valence-electron chi connectivity index (χ2n) is 5.73. The second-order valence-corrected chi connectivity index (χ2v) is 5.73. The Morgan fingerprint density at radius 1 is 1.41 bits per heavy atom. The number of rotatable bonds is 5. The third kappa shape index (κ3) is 4.30. The van der Waals surface area contributed by atoms with Crippen molar-refractivity contribution in [1.29, 1.82) is 0 Å². The lowest BCUT2D eigenvalue weighted by atomic mass is 9.83. The molecule has 100 valence electrons. The number of hydrogen-bond acceptors (Lipinski definition) is 2. The highest BCUT2D eigenvalue weighted by Gasteiger charge is 2.26. The summed E-state index contributed by atoms with van der Waals surface area (Å²) in [6.07, 6.45) is 6.10. The van der Waals surface area contributed by atoms with Gasteiger partial charge in [0.1, 0.15) is 0 Å². The number of nitrogens with one attached hydrogen (secondary N) is 1. The monoisotopic (exact) mass is 240 g/mol. The van der Waals surface area contributed by atoms with E-state index in [4.69, 9.17) is 5.73 Å². The molecule has 1 amide bonds. The molecule has 3 unspecified atom stereocenters. The Kier molecular flexibility index (Phi) is 5.96. The predicted octanol–water partition coefficient (Wildman–Crippen LogP) is 2.30. The number of nitrogens with two attached hydrogens (primary N) is 1. The molecular weight excluding hydrogens is 212 g/mol. The van der Waals surface area contributed by atoms with E-state index in [2.05, 4.69) is 26.1 Å². The molecule has 3 N–H and O–H groups in total. The highest BCUT2D eigenvalue weighted by Crippen LogP contribution is 2.26. The van der Waals surface area contributed by atoms with Gasteiger partial charge in [-0.25, -0.2) is 0 Å². The van der Waals surface area contributed by atoms with Crippen molar-refractivity contribution in [2.24, 2.45) is 23.5 Å². The van der Waals surface area contributed by atoms with Gasteiger partial charge < -0.3 is 11.1 Å². The second kappa shape index (κ2) is 7.00. The fourth-order valence-electron chi connectivity index (χ4n) is 2.78. The van der Waals surface area contributed by atoms with Crippen molar-refractivity contribution in [3.8, 4) is 0 Å². The molecule has 1 aliphatic rings. The molecule has 1 rings (SSSR count). The normalized spacial score (nSPS) is 26.9. The van der Waals surface area contributed by atoms with Gasteiger partial charge in [0.2, 0.25) is 5.91 Å². The van der Waals surface area contributed by atoms with Crippen molar-refractivity contribution in [2.45, 2.75) is 58.9 Å². The van der Waals surface area contributed by atoms with Gasteiger partial charge in [-0.15, -0.1) is 0 Å². The summed E-state index contributed by atoms with van der Waals surface area (Å²) in [6.45, 7) is 6.82. The van der Waals surface area contributed by atoms with Gasteiger partial charge >= 0.3 is 0 Å². The maximum atomic E-state index is 12.1. The maximum Gasteiger partial charge on any atom is 0.224 e. The zero-order chi connectivity index (χ0) is 12.8. The van der Waals surface area contributed by atoms with Crippen molar-refractivity contribution in [3.63, 3.8) is 0 Å². The van der Waals surface area contributed by atoms with Crippen LogP contribution in [0, 0.1) is 17.8 Å². The van der Waals surface area contributed by atoms with E-state index in [0.29, 0.717) is 18.5 Å². The minimum atomic E-state index is -0.0306. The van der Waals surface area contributed by atoms with Gasteiger partial charge in [-0.2, -0.15) is 0 Å². The number of carbonyl (C=O) groups excluding carboxylic acids is 1. The van der Waals surface area contributed by atoms with Gasteiger partial charge in [0.25, 0.3) is 0 Å². The lowest BCUT2D eigenvalue weighted by molar-refractivity contribution is -0.127. The summed E-state index contributed by atoms with van der Waals surface area (Å²) < 4.78 is 0. The summed E-state index contributed by atoms with van der Waals surface area (Å²) in [5.74, 6) is 1.25. The van der Waals surface area contributed by atoms with Crippen molar-refractivity contribution in [1.82, 2.24) is 5.32 Å². The van der Waals surface area contributed by atoms with E-state index in [-0.39, 0.29) is 11.8 Å². The summed E-state index contributed by atoms with van der Waals surface area (Å²) in [5.41, 5.74) is 5.67. The predicted molar refractivity (Wildman–Crippen MR) is 71.6 cm³/mol. The van der Waals surface area contributed by atoms with Gasteiger partial charge in [-0.05, 0) is 24.7 Å². The fraction of sp³-hybridized carbons (Fsp3) is 0.929. The first-order chi connectivity index (χ1) is 8.08. The summed E-state index contributed by atoms with van der Waals surface area (Å²) in [6, 6.07) is 0.383. The van der Waals surface area contributed by atoms with Crippen LogP contribution in [0.1, 0.15) is 52.9 Å². The third-order valence-electron chi connectivity index (χ3n) is 4.10. The van der Waals surface area contributed by atoms with Crippen LogP contribution in [0.3, 0.4) is 0 Å². The van der Waals surface area contributed by atoms with Gasteiger partial charge in [0, 0.05) is 12.6 Å². The topological polar surface area (TPSA) is 55.1 Å². The van der Waals surface area contributed by atoms with E-state index < -0.39 is 0 Å². The lowest BCUT2D eigenvalue weighted by Gasteiger charge is -2.30. The Labute approximate surface area is 106 Å². The first kappa shape index (κ1) is 14.5. The molecule has 1 fully saturated rings. The van der Waals surface area contributed by atoms with Crippen molar-refractivity contribution in [3.05, 3.63) is 0 Å². The highest BCUT2D eigenvalue weighted by atomic mass is 16.2. The third-order valence-corrected chi connectivity index (χ3v) is 4.10. The SMILES string of the molecule is CCC1CCCC(NC(=O)C(CN)C(C)C)C1. The van der Waals surface area contributed by atoms with Crippen LogP contribution < -0.4 is 11.1 Å². The smallest absolute Gasteiger partial charge is 0.224 e. The van der Waals surface area contributed by atoms with Gasteiger partial charge in [-0.1, -0.05) is 40.0 Å². The summed E-state index contributed by atoms with van der Waals surface area (Å²) >= 11 is 0. The quantitative estimate of drug-likeness (QED) is 0.774. The van der Waals surface area contributed by atoms with Crippen LogP contribution in [-0.4, -0.2) is 18.5 Å². The molecule has 3 heteroatoms. The maximum absolute atomic E-state index is 12.1. The average molecular weight is 240 g/mol. The minimum absolute atomic E-state index is 0.0306. The van der Waals surface area contributed by atoms with Crippen molar-refractivity contribution in [2.75, 3.05) is 6.54 Å². The van der Waals surface area contributed by atoms with E-state index in [9.17, 15) is 4.79 Å². The van der Waals surface area contributed by atoms with Crippen LogP contribution in [0.25, 0.3) is 0 Å². The molecule has 0 bridgehead atoms.